The monoisotopic (exact) mass is 343 g/mol. The topological polar surface area (TPSA) is 57.8 Å². The summed E-state index contributed by atoms with van der Waals surface area (Å²) in [6, 6.07) is 14.7. The molecular formula is C18H15ClFN3O. The fourth-order valence-electron chi connectivity index (χ4n) is 2.34. The molecular weight excluding hydrogens is 329 g/mol. The maximum Gasteiger partial charge on any atom is 0.269 e. The molecule has 0 fully saturated rings. The van der Waals surface area contributed by atoms with Crippen molar-refractivity contribution in [2.75, 3.05) is 0 Å². The van der Waals surface area contributed by atoms with Crippen LogP contribution in [-0.2, 0) is 0 Å². The summed E-state index contributed by atoms with van der Waals surface area (Å²) in [7, 11) is 0. The van der Waals surface area contributed by atoms with E-state index in [0.29, 0.717) is 16.4 Å². The Labute approximate surface area is 143 Å². The summed E-state index contributed by atoms with van der Waals surface area (Å²) >= 11 is 5.97. The largest absolute Gasteiger partial charge is 0.344 e. The molecule has 3 aromatic rings. The van der Waals surface area contributed by atoms with Crippen LogP contribution in [0, 0.1) is 5.82 Å². The first-order valence-corrected chi connectivity index (χ1v) is 7.78. The van der Waals surface area contributed by atoms with E-state index in [1.165, 1.54) is 12.1 Å². The number of halogens is 2. The molecule has 0 bridgehead atoms. The number of nitrogens with zero attached hydrogens (tertiary/aromatic N) is 1. The minimum absolute atomic E-state index is 0.254. The van der Waals surface area contributed by atoms with Crippen molar-refractivity contribution in [2.45, 2.75) is 13.0 Å². The van der Waals surface area contributed by atoms with Crippen LogP contribution in [0.5, 0.6) is 0 Å². The summed E-state index contributed by atoms with van der Waals surface area (Å²) in [4.78, 5) is 12.3. The maximum absolute atomic E-state index is 13.0. The Kier molecular flexibility index (Phi) is 4.62. The third kappa shape index (κ3) is 3.63. The van der Waals surface area contributed by atoms with Crippen LogP contribution in [0.15, 0.2) is 54.6 Å². The molecule has 122 valence electrons. The lowest BCUT2D eigenvalue weighted by Gasteiger charge is -2.13. The van der Waals surface area contributed by atoms with Gasteiger partial charge in [-0.25, -0.2) is 4.39 Å². The molecule has 2 aromatic carbocycles. The van der Waals surface area contributed by atoms with Gasteiger partial charge in [0, 0.05) is 10.6 Å². The second kappa shape index (κ2) is 6.84. The van der Waals surface area contributed by atoms with E-state index < -0.39 is 0 Å². The van der Waals surface area contributed by atoms with Gasteiger partial charge in [0.25, 0.3) is 5.91 Å². The highest BCUT2D eigenvalue weighted by Crippen LogP contribution is 2.21. The van der Waals surface area contributed by atoms with E-state index in [9.17, 15) is 9.18 Å². The minimum atomic E-state index is -0.308. The van der Waals surface area contributed by atoms with Crippen LogP contribution in [0.1, 0.15) is 29.0 Å². The van der Waals surface area contributed by atoms with Crippen LogP contribution in [0.3, 0.4) is 0 Å². The molecule has 3 rings (SSSR count). The smallest absolute Gasteiger partial charge is 0.269 e. The number of amides is 1. The summed E-state index contributed by atoms with van der Waals surface area (Å²) < 4.78 is 13.0. The van der Waals surface area contributed by atoms with Crippen LogP contribution in [0.2, 0.25) is 5.02 Å². The van der Waals surface area contributed by atoms with Gasteiger partial charge >= 0.3 is 0 Å². The van der Waals surface area contributed by atoms with Crippen molar-refractivity contribution >= 4 is 17.5 Å². The summed E-state index contributed by atoms with van der Waals surface area (Å²) in [5.74, 6) is -0.593. The highest BCUT2D eigenvalue weighted by atomic mass is 35.5. The van der Waals surface area contributed by atoms with Crippen LogP contribution < -0.4 is 5.32 Å². The van der Waals surface area contributed by atoms with E-state index in [1.54, 1.807) is 30.3 Å². The van der Waals surface area contributed by atoms with Crippen molar-refractivity contribution in [1.82, 2.24) is 15.5 Å². The summed E-state index contributed by atoms with van der Waals surface area (Å²) in [6.45, 7) is 1.83. The van der Waals surface area contributed by atoms with Crippen LogP contribution in [0.25, 0.3) is 11.3 Å². The van der Waals surface area contributed by atoms with Crippen LogP contribution >= 0.6 is 11.6 Å². The van der Waals surface area contributed by atoms with Crippen molar-refractivity contribution in [1.29, 1.82) is 0 Å². The highest BCUT2D eigenvalue weighted by molar-refractivity contribution is 6.30. The molecule has 24 heavy (non-hydrogen) atoms. The van der Waals surface area contributed by atoms with Gasteiger partial charge in [0.15, 0.2) is 0 Å². The van der Waals surface area contributed by atoms with E-state index in [1.807, 2.05) is 19.1 Å². The molecule has 4 nitrogen and oxygen atoms in total. The van der Waals surface area contributed by atoms with Crippen LogP contribution in [0.4, 0.5) is 4.39 Å². The number of aromatic amines is 1. The van der Waals surface area contributed by atoms with Crippen LogP contribution in [-0.4, -0.2) is 16.1 Å². The van der Waals surface area contributed by atoms with E-state index >= 15 is 0 Å². The van der Waals surface area contributed by atoms with Gasteiger partial charge in [0.1, 0.15) is 11.5 Å². The molecule has 0 aliphatic rings. The summed E-state index contributed by atoms with van der Waals surface area (Å²) in [6.07, 6.45) is 0. The van der Waals surface area contributed by atoms with Crippen molar-refractivity contribution < 1.29 is 9.18 Å². The van der Waals surface area contributed by atoms with Gasteiger partial charge < -0.3 is 5.32 Å². The third-order valence-corrected chi connectivity index (χ3v) is 3.90. The van der Waals surface area contributed by atoms with Crippen molar-refractivity contribution in [3.63, 3.8) is 0 Å². The number of benzene rings is 2. The lowest BCUT2D eigenvalue weighted by atomic mass is 10.1. The first-order valence-electron chi connectivity index (χ1n) is 7.40. The highest BCUT2D eigenvalue weighted by Gasteiger charge is 2.14. The lowest BCUT2D eigenvalue weighted by molar-refractivity contribution is 0.0935. The van der Waals surface area contributed by atoms with Gasteiger partial charge in [-0.1, -0.05) is 35.9 Å². The molecule has 2 N–H and O–H groups in total. The SMILES string of the molecule is C[C@@H](NC(=O)c1cc(-c2cccc(Cl)c2)n[nH]1)c1ccc(F)cc1. The predicted octanol–water partition coefficient (Wildman–Crippen LogP) is 4.36. The predicted molar refractivity (Wildman–Crippen MR) is 91.3 cm³/mol. The number of nitrogens with one attached hydrogen (secondary N) is 2. The molecule has 0 radical (unpaired) electrons. The van der Waals surface area contributed by atoms with E-state index in [4.69, 9.17) is 11.6 Å². The van der Waals surface area contributed by atoms with E-state index in [-0.39, 0.29) is 17.8 Å². The quantitative estimate of drug-likeness (QED) is 0.739. The van der Waals surface area contributed by atoms with Crippen molar-refractivity contribution in [3.8, 4) is 11.3 Å². The maximum atomic E-state index is 13.0. The van der Waals surface area contributed by atoms with E-state index in [0.717, 1.165) is 11.1 Å². The number of hydrogen-bond donors (Lipinski definition) is 2. The first-order chi connectivity index (χ1) is 11.5. The molecule has 0 unspecified atom stereocenters. The number of aromatic nitrogens is 2. The zero-order valence-corrected chi connectivity index (χ0v) is 13.6. The molecule has 6 heteroatoms. The number of carbonyl (C=O) groups excluding carboxylic acids is 1. The average Bonchev–Trinajstić information content (AvgIpc) is 3.05. The number of rotatable bonds is 4. The third-order valence-electron chi connectivity index (χ3n) is 3.66. The van der Waals surface area contributed by atoms with Crippen molar-refractivity contribution in [2.24, 2.45) is 0 Å². The Morgan fingerprint density at radius 3 is 2.67 bits per heavy atom. The average molecular weight is 344 g/mol. The molecule has 1 heterocycles. The molecule has 0 aliphatic carbocycles. The Bertz CT molecular complexity index is 861. The summed E-state index contributed by atoms with van der Waals surface area (Å²) in [5.41, 5.74) is 2.62. The molecule has 0 saturated heterocycles. The zero-order chi connectivity index (χ0) is 17.1. The Morgan fingerprint density at radius 1 is 1.21 bits per heavy atom. The second-order valence-electron chi connectivity index (χ2n) is 5.42. The zero-order valence-electron chi connectivity index (χ0n) is 12.9. The number of H-pyrrole nitrogens is 1. The first kappa shape index (κ1) is 16.2. The Morgan fingerprint density at radius 2 is 1.96 bits per heavy atom. The van der Waals surface area contributed by atoms with Gasteiger partial charge in [0.2, 0.25) is 0 Å². The standard InChI is InChI=1S/C18H15ClFN3O/c1-11(12-5-7-15(20)8-6-12)21-18(24)17-10-16(22-23-17)13-3-2-4-14(19)9-13/h2-11H,1H3,(H,21,24)(H,22,23)/t11-/m1/s1. The van der Waals surface area contributed by atoms with Gasteiger partial charge in [0.05, 0.1) is 11.7 Å². The Hall–Kier alpha value is -2.66. The normalized spacial score (nSPS) is 12.0. The lowest BCUT2D eigenvalue weighted by Crippen LogP contribution is -2.26. The molecule has 1 amide bonds. The summed E-state index contributed by atoms with van der Waals surface area (Å²) in [5, 5.41) is 10.3. The second-order valence-corrected chi connectivity index (χ2v) is 5.86. The van der Waals surface area contributed by atoms with Crippen molar-refractivity contribution in [3.05, 3.63) is 76.7 Å². The molecule has 0 saturated carbocycles. The Balaban J connectivity index is 1.73. The van der Waals surface area contributed by atoms with E-state index in [2.05, 4.69) is 15.5 Å². The number of carbonyl (C=O) groups is 1. The van der Waals surface area contributed by atoms with Gasteiger partial charge in [-0.05, 0) is 42.8 Å². The molecule has 1 aromatic heterocycles. The van der Waals surface area contributed by atoms with Gasteiger partial charge in [-0.2, -0.15) is 5.10 Å². The molecule has 1 atom stereocenters. The number of hydrogen-bond acceptors (Lipinski definition) is 2. The van der Waals surface area contributed by atoms with Gasteiger partial charge in [-0.15, -0.1) is 0 Å². The molecule has 0 aliphatic heterocycles. The fourth-order valence-corrected chi connectivity index (χ4v) is 2.53. The fraction of sp³-hybridized carbons (Fsp3) is 0.111. The van der Waals surface area contributed by atoms with Gasteiger partial charge in [-0.3, -0.25) is 9.89 Å². The molecule has 0 spiro atoms. The minimum Gasteiger partial charge on any atom is -0.344 e.